The molecule has 6 heteroatoms. The molecule has 13 rings (SSSR count). The lowest BCUT2D eigenvalue weighted by molar-refractivity contribution is 0.949. The molecule has 0 aliphatic rings. The van der Waals surface area contributed by atoms with Crippen molar-refractivity contribution < 1.29 is 0 Å². The van der Waals surface area contributed by atoms with Crippen LogP contribution in [0.5, 0.6) is 0 Å². The summed E-state index contributed by atoms with van der Waals surface area (Å²) in [7, 11) is 0. The molecule has 0 N–H and O–H groups in total. The third-order valence-electron chi connectivity index (χ3n) is 12.5. The van der Waals surface area contributed by atoms with Crippen molar-refractivity contribution in [2.24, 2.45) is 0 Å². The van der Waals surface area contributed by atoms with Crippen LogP contribution in [-0.2, 0) is 0 Å². The fraction of sp³-hybridized carbons (Fsp3) is 0. The standard InChI is InChI=1S/C57H36N6/c1-3-18-37(19-4-1)39-34-35-45-44-26-9-14-29-48(44)62(53(45)36-39)52-33-17-32-51(61-46-27-12-7-22-40(46)41-23-8-13-28-47(41)61)54(52)56-58-55(38-20-5-2-6-21-38)59-57(60-56)63-49-30-15-10-24-42(49)43-25-11-16-31-50(43)63/h1-36H. The fourth-order valence-corrected chi connectivity index (χ4v) is 9.78. The van der Waals surface area contributed by atoms with Crippen LogP contribution in [0.2, 0.25) is 0 Å². The molecule has 0 saturated heterocycles. The lowest BCUT2D eigenvalue weighted by Crippen LogP contribution is -2.10. The summed E-state index contributed by atoms with van der Waals surface area (Å²) in [5.74, 6) is 1.71. The zero-order valence-corrected chi connectivity index (χ0v) is 34.0. The zero-order valence-electron chi connectivity index (χ0n) is 34.0. The van der Waals surface area contributed by atoms with Crippen LogP contribution in [0, 0.1) is 0 Å². The molecule has 4 aromatic heterocycles. The highest BCUT2D eigenvalue weighted by Gasteiger charge is 2.26. The molecule has 6 nitrogen and oxygen atoms in total. The maximum absolute atomic E-state index is 5.61. The van der Waals surface area contributed by atoms with Crippen molar-refractivity contribution in [1.82, 2.24) is 28.7 Å². The monoisotopic (exact) mass is 804 g/mol. The van der Waals surface area contributed by atoms with E-state index in [9.17, 15) is 0 Å². The van der Waals surface area contributed by atoms with E-state index in [4.69, 9.17) is 15.0 Å². The van der Waals surface area contributed by atoms with Gasteiger partial charge in [-0.05, 0) is 59.7 Å². The average molecular weight is 805 g/mol. The number of para-hydroxylation sites is 5. The fourth-order valence-electron chi connectivity index (χ4n) is 9.78. The van der Waals surface area contributed by atoms with Gasteiger partial charge in [0.25, 0.3) is 0 Å². The molecule has 9 aromatic carbocycles. The van der Waals surface area contributed by atoms with E-state index >= 15 is 0 Å². The normalized spacial score (nSPS) is 11.8. The maximum Gasteiger partial charge on any atom is 0.238 e. The summed E-state index contributed by atoms with van der Waals surface area (Å²) in [4.78, 5) is 16.4. The molecule has 0 atom stereocenters. The minimum atomic E-state index is 0.549. The first-order valence-electron chi connectivity index (χ1n) is 21.3. The van der Waals surface area contributed by atoms with Crippen LogP contribution in [0.15, 0.2) is 218 Å². The molecular formula is C57H36N6. The molecular weight excluding hydrogens is 769 g/mol. The van der Waals surface area contributed by atoms with Gasteiger partial charge in [0.1, 0.15) is 0 Å². The second kappa shape index (κ2) is 14.0. The zero-order chi connectivity index (χ0) is 41.4. The van der Waals surface area contributed by atoms with Crippen LogP contribution in [0.1, 0.15) is 0 Å². The van der Waals surface area contributed by atoms with Gasteiger partial charge >= 0.3 is 0 Å². The van der Waals surface area contributed by atoms with Crippen LogP contribution in [0.3, 0.4) is 0 Å². The van der Waals surface area contributed by atoms with Gasteiger partial charge in [0.15, 0.2) is 11.6 Å². The van der Waals surface area contributed by atoms with E-state index < -0.39 is 0 Å². The quantitative estimate of drug-likeness (QED) is 0.168. The smallest absolute Gasteiger partial charge is 0.238 e. The first kappa shape index (κ1) is 35.2. The van der Waals surface area contributed by atoms with Gasteiger partial charge in [0.05, 0.1) is 50.0 Å². The van der Waals surface area contributed by atoms with E-state index in [0.717, 1.165) is 77.5 Å². The van der Waals surface area contributed by atoms with Gasteiger partial charge < -0.3 is 9.13 Å². The van der Waals surface area contributed by atoms with Crippen molar-refractivity contribution in [3.8, 4) is 51.2 Å². The van der Waals surface area contributed by atoms with E-state index in [2.05, 4.69) is 214 Å². The summed E-state index contributed by atoms with van der Waals surface area (Å²) in [5, 5.41) is 6.99. The average Bonchev–Trinajstić information content (AvgIpc) is 4.00. The van der Waals surface area contributed by atoms with Gasteiger partial charge in [-0.25, -0.2) is 4.98 Å². The Bertz CT molecular complexity index is 3810. The van der Waals surface area contributed by atoms with Crippen LogP contribution in [0.4, 0.5) is 0 Å². The van der Waals surface area contributed by atoms with Crippen molar-refractivity contribution in [3.05, 3.63) is 218 Å². The molecule has 13 aromatic rings. The summed E-state index contributed by atoms with van der Waals surface area (Å²) < 4.78 is 6.99. The topological polar surface area (TPSA) is 53.5 Å². The lowest BCUT2D eigenvalue weighted by Gasteiger charge is -2.20. The summed E-state index contributed by atoms with van der Waals surface area (Å²) in [6.45, 7) is 0. The van der Waals surface area contributed by atoms with Gasteiger partial charge in [-0.1, -0.05) is 170 Å². The number of nitrogens with zero attached hydrogens (tertiary/aromatic N) is 6. The molecule has 0 aliphatic carbocycles. The van der Waals surface area contributed by atoms with Crippen LogP contribution < -0.4 is 0 Å². The predicted molar refractivity (Wildman–Crippen MR) is 259 cm³/mol. The molecule has 0 saturated carbocycles. The highest BCUT2D eigenvalue weighted by Crippen LogP contribution is 2.43. The highest BCUT2D eigenvalue weighted by atomic mass is 15.2. The third kappa shape index (κ3) is 5.41. The highest BCUT2D eigenvalue weighted by molar-refractivity contribution is 6.13. The van der Waals surface area contributed by atoms with Crippen molar-refractivity contribution in [2.45, 2.75) is 0 Å². The Morgan fingerprint density at radius 3 is 1.16 bits per heavy atom. The third-order valence-corrected chi connectivity index (χ3v) is 12.5. The summed E-state index contributed by atoms with van der Waals surface area (Å²) in [6.07, 6.45) is 0. The van der Waals surface area contributed by atoms with Gasteiger partial charge in [-0.15, -0.1) is 0 Å². The van der Waals surface area contributed by atoms with Crippen LogP contribution in [0.25, 0.3) is 117 Å². The Morgan fingerprint density at radius 2 is 0.651 bits per heavy atom. The van der Waals surface area contributed by atoms with E-state index in [1.54, 1.807) is 0 Å². The van der Waals surface area contributed by atoms with Crippen molar-refractivity contribution in [3.63, 3.8) is 0 Å². The minimum absolute atomic E-state index is 0.549. The number of benzene rings is 9. The molecule has 0 fully saturated rings. The SMILES string of the molecule is c1ccc(-c2ccc3c4ccccc4n(-c4cccc(-n5c6ccccc6c6ccccc65)c4-c4nc(-c5ccccc5)nc(-n5c6ccccc6c6ccccc65)n4)c3c2)cc1. The van der Waals surface area contributed by atoms with Gasteiger partial charge in [0, 0.05) is 37.9 Å². The van der Waals surface area contributed by atoms with E-state index in [-0.39, 0.29) is 0 Å². The Labute approximate surface area is 362 Å². The Hall–Kier alpha value is -8.61. The molecule has 0 amide bonds. The van der Waals surface area contributed by atoms with Crippen molar-refractivity contribution >= 4 is 65.4 Å². The summed E-state index contributed by atoms with van der Waals surface area (Å²) in [6, 6.07) is 77.4. The van der Waals surface area contributed by atoms with E-state index in [1.807, 2.05) is 18.2 Å². The second-order valence-corrected chi connectivity index (χ2v) is 16.0. The lowest BCUT2D eigenvalue weighted by atomic mass is 10.0. The van der Waals surface area contributed by atoms with Gasteiger partial charge in [-0.3, -0.25) is 4.57 Å². The molecule has 0 bridgehead atoms. The van der Waals surface area contributed by atoms with Crippen LogP contribution in [-0.4, -0.2) is 28.7 Å². The number of hydrogen-bond donors (Lipinski definition) is 0. The molecule has 0 radical (unpaired) electrons. The molecule has 4 heterocycles. The van der Waals surface area contributed by atoms with Crippen molar-refractivity contribution in [2.75, 3.05) is 0 Å². The second-order valence-electron chi connectivity index (χ2n) is 16.0. The number of aromatic nitrogens is 6. The Kier molecular flexibility index (Phi) is 7.80. The van der Waals surface area contributed by atoms with Crippen molar-refractivity contribution in [1.29, 1.82) is 0 Å². The van der Waals surface area contributed by atoms with Crippen LogP contribution >= 0.6 is 0 Å². The molecule has 0 spiro atoms. The number of hydrogen-bond acceptors (Lipinski definition) is 3. The number of fused-ring (bicyclic) bond motifs is 9. The Morgan fingerprint density at radius 1 is 0.254 bits per heavy atom. The largest absolute Gasteiger partial charge is 0.308 e. The summed E-state index contributed by atoms with van der Waals surface area (Å²) >= 11 is 0. The molecule has 0 unspecified atom stereocenters. The minimum Gasteiger partial charge on any atom is -0.308 e. The first-order chi connectivity index (χ1) is 31.3. The van der Waals surface area contributed by atoms with Gasteiger partial charge in [0.2, 0.25) is 5.95 Å². The van der Waals surface area contributed by atoms with Gasteiger partial charge in [-0.2, -0.15) is 9.97 Å². The molecule has 0 aliphatic heterocycles. The van der Waals surface area contributed by atoms with E-state index in [0.29, 0.717) is 17.6 Å². The first-order valence-corrected chi connectivity index (χ1v) is 21.3. The Balaban J connectivity index is 1.20. The predicted octanol–water partition coefficient (Wildman–Crippen LogP) is 14.2. The molecule has 294 valence electrons. The molecule has 63 heavy (non-hydrogen) atoms. The maximum atomic E-state index is 5.61. The summed E-state index contributed by atoms with van der Waals surface area (Å²) in [5.41, 5.74) is 12.5. The van der Waals surface area contributed by atoms with E-state index in [1.165, 1.54) is 21.5 Å². The number of rotatable bonds is 6.